The zero-order valence-electron chi connectivity index (χ0n) is 15.4. The molecule has 2 heterocycles. The number of fused-ring (bicyclic) bond motifs is 1. The normalized spacial score (nSPS) is 15.3. The summed E-state index contributed by atoms with van der Waals surface area (Å²) in [7, 11) is 4.39. The number of aliphatic hydroxyl groups is 1. The second kappa shape index (κ2) is 7.54. The molecule has 0 aliphatic carbocycles. The predicted octanol–water partition coefficient (Wildman–Crippen LogP) is 1.38. The Balaban J connectivity index is 2.36. The molecule has 3 rings (SSSR count). The van der Waals surface area contributed by atoms with Crippen LogP contribution in [-0.4, -0.2) is 26.4 Å². The van der Waals surface area contributed by atoms with Crippen LogP contribution in [-0.2, 0) is 6.61 Å². The number of aliphatic hydroxyl groups excluding tert-OH is 1. The molecule has 0 spiro atoms. The number of benzene rings is 1. The molecule has 9 heteroatoms. The van der Waals surface area contributed by atoms with E-state index in [1.54, 1.807) is 12.1 Å². The van der Waals surface area contributed by atoms with Gasteiger partial charge in [-0.1, -0.05) is 0 Å². The Labute approximate surface area is 160 Å². The number of rotatable bonds is 5. The van der Waals surface area contributed by atoms with Gasteiger partial charge in [-0.3, -0.25) is 4.79 Å². The van der Waals surface area contributed by atoms with Crippen molar-refractivity contribution < 1.29 is 28.5 Å². The molecule has 3 N–H and O–H groups in total. The van der Waals surface area contributed by atoms with Gasteiger partial charge in [0.1, 0.15) is 29.8 Å². The average Bonchev–Trinajstić information content (AvgIpc) is 2.72. The minimum atomic E-state index is -0.914. The quantitative estimate of drug-likeness (QED) is 0.780. The van der Waals surface area contributed by atoms with Crippen molar-refractivity contribution >= 4 is 0 Å². The second-order valence-electron chi connectivity index (χ2n) is 5.80. The van der Waals surface area contributed by atoms with E-state index in [0.29, 0.717) is 22.8 Å². The lowest BCUT2D eigenvalue weighted by molar-refractivity contribution is 0.231. The Morgan fingerprint density at radius 1 is 1.14 bits per heavy atom. The fraction of sp³-hybridized carbons (Fsp3) is 0.263. The van der Waals surface area contributed by atoms with Crippen LogP contribution >= 0.6 is 0 Å². The van der Waals surface area contributed by atoms with Gasteiger partial charge in [0.25, 0.3) is 0 Å². The van der Waals surface area contributed by atoms with Crippen molar-refractivity contribution in [3.63, 3.8) is 0 Å². The second-order valence-corrected chi connectivity index (χ2v) is 5.80. The third-order valence-corrected chi connectivity index (χ3v) is 4.33. The summed E-state index contributed by atoms with van der Waals surface area (Å²) in [5.41, 5.74) is 5.84. The summed E-state index contributed by atoms with van der Waals surface area (Å²) < 4.78 is 27.1. The lowest BCUT2D eigenvalue weighted by Crippen LogP contribution is -2.25. The summed E-state index contributed by atoms with van der Waals surface area (Å²) >= 11 is 0. The molecule has 146 valence electrons. The number of nitriles is 1. The van der Waals surface area contributed by atoms with Crippen LogP contribution in [0.15, 0.2) is 38.9 Å². The summed E-state index contributed by atoms with van der Waals surface area (Å²) in [6.45, 7) is -0.501. The van der Waals surface area contributed by atoms with Gasteiger partial charge in [-0.25, -0.2) is 0 Å². The van der Waals surface area contributed by atoms with Gasteiger partial charge in [-0.05, 0) is 6.07 Å². The maximum Gasteiger partial charge on any atom is 0.228 e. The molecule has 1 aliphatic rings. The van der Waals surface area contributed by atoms with Crippen LogP contribution in [0.3, 0.4) is 0 Å². The lowest BCUT2D eigenvalue weighted by Gasteiger charge is -2.26. The van der Waals surface area contributed by atoms with Crippen LogP contribution in [0.25, 0.3) is 0 Å². The van der Waals surface area contributed by atoms with Crippen LogP contribution in [0.1, 0.15) is 23.0 Å². The molecule has 2 aromatic rings. The molecule has 1 aromatic carbocycles. The zero-order chi connectivity index (χ0) is 20.4. The van der Waals surface area contributed by atoms with Crippen LogP contribution in [0.5, 0.6) is 23.0 Å². The minimum Gasteiger partial charge on any atom is -0.496 e. The molecule has 1 atom stereocenters. The van der Waals surface area contributed by atoms with E-state index in [2.05, 4.69) is 0 Å². The molecule has 28 heavy (non-hydrogen) atoms. The zero-order valence-corrected chi connectivity index (χ0v) is 15.4. The highest BCUT2D eigenvalue weighted by atomic mass is 16.5. The largest absolute Gasteiger partial charge is 0.496 e. The third kappa shape index (κ3) is 3.00. The SMILES string of the molecule is COc1cc(OC)c([C@@H]2C(C#N)=C(N)Oc3c2oc(CO)cc3=O)cc1OC. The minimum absolute atomic E-state index is 0.0227. The van der Waals surface area contributed by atoms with E-state index in [0.717, 1.165) is 6.07 Å². The molecule has 0 saturated carbocycles. The van der Waals surface area contributed by atoms with Gasteiger partial charge in [0.15, 0.2) is 17.3 Å². The Morgan fingerprint density at radius 3 is 2.36 bits per heavy atom. The van der Waals surface area contributed by atoms with E-state index in [9.17, 15) is 15.2 Å². The van der Waals surface area contributed by atoms with Crippen LogP contribution < -0.4 is 30.1 Å². The van der Waals surface area contributed by atoms with Crippen LogP contribution in [0.4, 0.5) is 0 Å². The molecular weight excluding hydrogens is 368 g/mol. The highest BCUT2D eigenvalue weighted by molar-refractivity contribution is 5.60. The number of ether oxygens (including phenoxy) is 4. The van der Waals surface area contributed by atoms with Gasteiger partial charge >= 0.3 is 0 Å². The van der Waals surface area contributed by atoms with Crippen molar-refractivity contribution in [2.75, 3.05) is 21.3 Å². The molecule has 0 unspecified atom stereocenters. The Hall–Kier alpha value is -3.64. The smallest absolute Gasteiger partial charge is 0.228 e. The Bertz CT molecular complexity index is 1050. The average molecular weight is 386 g/mol. The van der Waals surface area contributed by atoms with Crippen LogP contribution in [0.2, 0.25) is 0 Å². The van der Waals surface area contributed by atoms with Crippen molar-refractivity contribution in [2.24, 2.45) is 5.73 Å². The molecule has 0 radical (unpaired) electrons. The predicted molar refractivity (Wildman–Crippen MR) is 96.3 cm³/mol. The van der Waals surface area contributed by atoms with E-state index in [-0.39, 0.29) is 28.7 Å². The number of allylic oxidation sites excluding steroid dienone is 1. The van der Waals surface area contributed by atoms with Gasteiger partial charge in [-0.15, -0.1) is 0 Å². The van der Waals surface area contributed by atoms with Gasteiger partial charge < -0.3 is 34.2 Å². The first-order valence-corrected chi connectivity index (χ1v) is 8.14. The molecule has 0 bridgehead atoms. The summed E-state index contributed by atoms with van der Waals surface area (Å²) in [4.78, 5) is 12.4. The number of nitrogens with zero attached hydrogens (tertiary/aromatic N) is 1. The molecule has 1 aliphatic heterocycles. The van der Waals surface area contributed by atoms with Gasteiger partial charge in [-0.2, -0.15) is 5.26 Å². The Kier molecular flexibility index (Phi) is 5.15. The van der Waals surface area contributed by atoms with Gasteiger partial charge in [0.05, 0.1) is 27.2 Å². The maximum absolute atomic E-state index is 12.4. The Morgan fingerprint density at radius 2 is 1.79 bits per heavy atom. The number of methoxy groups -OCH3 is 3. The van der Waals surface area contributed by atoms with Gasteiger partial charge in [0.2, 0.25) is 17.1 Å². The highest BCUT2D eigenvalue weighted by Crippen LogP contribution is 2.47. The summed E-state index contributed by atoms with van der Waals surface area (Å²) in [5, 5.41) is 19.1. The van der Waals surface area contributed by atoms with Gasteiger partial charge in [0, 0.05) is 17.7 Å². The first-order valence-electron chi connectivity index (χ1n) is 8.14. The number of hydrogen-bond acceptors (Lipinski definition) is 9. The van der Waals surface area contributed by atoms with E-state index in [1.165, 1.54) is 21.3 Å². The van der Waals surface area contributed by atoms with E-state index < -0.39 is 18.0 Å². The fourth-order valence-electron chi connectivity index (χ4n) is 3.05. The molecule has 0 amide bonds. The summed E-state index contributed by atoms with van der Waals surface area (Å²) in [5.74, 6) is -0.0890. The highest BCUT2D eigenvalue weighted by Gasteiger charge is 2.37. The van der Waals surface area contributed by atoms with Crippen molar-refractivity contribution in [2.45, 2.75) is 12.5 Å². The van der Waals surface area contributed by atoms with Crippen molar-refractivity contribution in [3.8, 4) is 29.1 Å². The molecular formula is C19H18N2O7. The molecule has 0 saturated heterocycles. The topological polar surface area (TPSA) is 137 Å². The van der Waals surface area contributed by atoms with Crippen LogP contribution in [0, 0.1) is 11.3 Å². The monoisotopic (exact) mass is 386 g/mol. The lowest BCUT2D eigenvalue weighted by atomic mass is 9.86. The standard InChI is InChI=1S/C19H18N2O7/c1-24-13-6-15(26-3)14(25-2)5-10(13)16-11(7-20)19(21)28-17-12(23)4-9(8-22)27-18(16)17/h4-6,16,22H,8,21H2,1-3H3/t16-/m1/s1. The molecule has 9 nitrogen and oxygen atoms in total. The maximum atomic E-state index is 12.4. The molecule has 1 aromatic heterocycles. The van der Waals surface area contributed by atoms with E-state index >= 15 is 0 Å². The fourth-order valence-corrected chi connectivity index (χ4v) is 3.05. The van der Waals surface area contributed by atoms with E-state index in [4.69, 9.17) is 29.1 Å². The number of nitrogens with two attached hydrogens (primary N) is 1. The first kappa shape index (κ1) is 19.1. The van der Waals surface area contributed by atoms with Crippen molar-refractivity contribution in [1.29, 1.82) is 5.26 Å². The first-order chi connectivity index (χ1) is 13.5. The van der Waals surface area contributed by atoms with Crippen molar-refractivity contribution in [1.82, 2.24) is 0 Å². The van der Waals surface area contributed by atoms with Crippen molar-refractivity contribution in [3.05, 3.63) is 57.0 Å². The molecule has 0 fully saturated rings. The summed E-state index contributed by atoms with van der Waals surface area (Å²) in [6.07, 6.45) is 0. The number of hydrogen-bond donors (Lipinski definition) is 2. The third-order valence-electron chi connectivity index (χ3n) is 4.33. The van der Waals surface area contributed by atoms with E-state index in [1.807, 2.05) is 6.07 Å². The summed E-state index contributed by atoms with van der Waals surface area (Å²) in [6, 6.07) is 6.29.